The Morgan fingerprint density at radius 3 is 2.88 bits per heavy atom. The first kappa shape index (κ1) is 10.0. The molecule has 0 saturated heterocycles. The van der Waals surface area contributed by atoms with Gasteiger partial charge in [-0.3, -0.25) is 9.55 Å². The minimum atomic E-state index is -0.225. The second-order valence-electron chi connectivity index (χ2n) is 3.50. The van der Waals surface area contributed by atoms with Gasteiger partial charge in [-0.2, -0.15) is 0 Å². The number of fused-ring (bicyclic) bond motifs is 1. The van der Waals surface area contributed by atoms with Gasteiger partial charge in [-0.1, -0.05) is 11.6 Å². The molecule has 0 bridgehead atoms. The van der Waals surface area contributed by atoms with Crippen LogP contribution in [-0.2, 0) is 0 Å². The Morgan fingerprint density at radius 1 is 1.24 bits per heavy atom. The van der Waals surface area contributed by atoms with Crippen LogP contribution in [0.15, 0.2) is 41.6 Å². The van der Waals surface area contributed by atoms with Gasteiger partial charge in [0.2, 0.25) is 0 Å². The Bertz CT molecular complexity index is 729. The first-order valence-corrected chi connectivity index (χ1v) is 5.30. The van der Waals surface area contributed by atoms with Crippen molar-refractivity contribution in [2.24, 2.45) is 0 Å². The van der Waals surface area contributed by atoms with E-state index in [1.54, 1.807) is 36.8 Å². The fraction of sp³-hybridized carbons (Fsp3) is 0. The fourth-order valence-corrected chi connectivity index (χ4v) is 1.83. The number of aromatic nitrogens is 4. The lowest BCUT2D eigenvalue weighted by molar-refractivity contribution is 1.00. The zero-order chi connectivity index (χ0) is 11.8. The van der Waals surface area contributed by atoms with Crippen molar-refractivity contribution in [1.82, 2.24) is 19.5 Å². The molecule has 84 valence electrons. The molecule has 0 fully saturated rings. The van der Waals surface area contributed by atoms with Crippen LogP contribution >= 0.6 is 11.6 Å². The summed E-state index contributed by atoms with van der Waals surface area (Å²) in [6.45, 7) is 0. The second-order valence-corrected chi connectivity index (χ2v) is 3.88. The topological polar surface area (TPSA) is 63.6 Å². The Balaban J connectivity index is 2.33. The first-order valence-electron chi connectivity index (χ1n) is 4.92. The number of pyridine rings is 2. The summed E-state index contributed by atoms with van der Waals surface area (Å²) in [4.78, 5) is 22.5. The van der Waals surface area contributed by atoms with Crippen molar-refractivity contribution in [2.75, 3.05) is 0 Å². The van der Waals surface area contributed by atoms with Gasteiger partial charge in [0.25, 0.3) is 0 Å². The maximum absolute atomic E-state index is 11.8. The molecule has 6 heteroatoms. The monoisotopic (exact) mass is 246 g/mol. The van der Waals surface area contributed by atoms with Crippen LogP contribution in [0, 0.1) is 0 Å². The summed E-state index contributed by atoms with van der Waals surface area (Å²) in [6.07, 6.45) is 4.80. The highest BCUT2D eigenvalue weighted by molar-refractivity contribution is 6.29. The number of halogens is 1. The molecule has 0 amide bonds. The molecule has 17 heavy (non-hydrogen) atoms. The van der Waals surface area contributed by atoms with Crippen molar-refractivity contribution in [2.45, 2.75) is 0 Å². The molecule has 5 nitrogen and oxygen atoms in total. The third-order valence-electron chi connectivity index (χ3n) is 2.45. The zero-order valence-electron chi connectivity index (χ0n) is 8.59. The van der Waals surface area contributed by atoms with Crippen molar-refractivity contribution >= 4 is 22.6 Å². The third-order valence-corrected chi connectivity index (χ3v) is 2.68. The minimum absolute atomic E-state index is 0.225. The highest BCUT2D eigenvalue weighted by Gasteiger charge is 2.08. The Hall–Kier alpha value is -2.14. The molecule has 0 aromatic carbocycles. The molecule has 0 radical (unpaired) electrons. The van der Waals surface area contributed by atoms with Gasteiger partial charge in [-0.25, -0.2) is 9.78 Å². The lowest BCUT2D eigenvalue weighted by Gasteiger charge is -2.01. The van der Waals surface area contributed by atoms with Crippen LogP contribution < -0.4 is 5.69 Å². The highest BCUT2D eigenvalue weighted by atomic mass is 35.5. The van der Waals surface area contributed by atoms with E-state index in [0.717, 1.165) is 5.52 Å². The summed E-state index contributed by atoms with van der Waals surface area (Å²) >= 11 is 5.71. The van der Waals surface area contributed by atoms with E-state index >= 15 is 0 Å². The maximum Gasteiger partial charge on any atom is 0.331 e. The van der Waals surface area contributed by atoms with Gasteiger partial charge in [0.05, 0.1) is 29.1 Å². The van der Waals surface area contributed by atoms with E-state index in [1.807, 2.05) is 0 Å². The average Bonchev–Trinajstić information content (AvgIpc) is 2.66. The molecule has 1 N–H and O–H groups in total. The summed E-state index contributed by atoms with van der Waals surface area (Å²) in [5.41, 5.74) is 1.88. The zero-order valence-corrected chi connectivity index (χ0v) is 9.35. The Kier molecular flexibility index (Phi) is 2.19. The molecule has 0 aliphatic carbocycles. The molecule has 3 aromatic rings. The first-order chi connectivity index (χ1) is 8.25. The SMILES string of the molecule is O=c1[nH]c2cnccc2n1-c1ccc(Cl)nc1. The van der Waals surface area contributed by atoms with Gasteiger partial charge < -0.3 is 4.98 Å². The number of nitrogens with one attached hydrogen (secondary N) is 1. The molecule has 3 heterocycles. The Labute approximate surface area is 101 Å². The summed E-state index contributed by atoms with van der Waals surface area (Å²) < 4.78 is 1.53. The van der Waals surface area contributed by atoms with Gasteiger partial charge in [0.1, 0.15) is 5.15 Å². The molecule has 3 aromatic heterocycles. The molecular weight excluding hydrogens is 240 g/mol. The molecule has 3 rings (SSSR count). The van der Waals surface area contributed by atoms with E-state index in [4.69, 9.17) is 11.6 Å². The van der Waals surface area contributed by atoms with E-state index in [0.29, 0.717) is 16.4 Å². The smallest absolute Gasteiger partial charge is 0.304 e. The number of hydrogen-bond donors (Lipinski definition) is 1. The van der Waals surface area contributed by atoms with Crippen LogP contribution in [0.25, 0.3) is 16.7 Å². The largest absolute Gasteiger partial charge is 0.331 e. The molecule has 0 saturated carbocycles. The summed E-state index contributed by atoms with van der Waals surface area (Å²) in [5.74, 6) is 0. The standard InChI is InChI=1S/C11H7ClN4O/c12-10-2-1-7(5-14-10)16-9-3-4-13-6-8(9)15-11(16)17/h1-6H,(H,15,17). The summed E-state index contributed by atoms with van der Waals surface area (Å²) in [7, 11) is 0. The predicted molar refractivity (Wildman–Crippen MR) is 64.5 cm³/mol. The predicted octanol–water partition coefficient (Wildman–Crippen LogP) is 1.76. The van der Waals surface area contributed by atoms with Gasteiger partial charge in [-0.05, 0) is 18.2 Å². The quantitative estimate of drug-likeness (QED) is 0.666. The molecular formula is C11H7ClN4O. The van der Waals surface area contributed by atoms with Gasteiger partial charge in [0.15, 0.2) is 0 Å². The molecule has 0 aliphatic rings. The molecule has 0 spiro atoms. The van der Waals surface area contributed by atoms with E-state index in [2.05, 4.69) is 15.0 Å². The van der Waals surface area contributed by atoms with Crippen molar-refractivity contribution in [1.29, 1.82) is 0 Å². The molecule has 0 aliphatic heterocycles. The van der Waals surface area contributed by atoms with Crippen molar-refractivity contribution in [3.8, 4) is 5.69 Å². The average molecular weight is 247 g/mol. The van der Waals surface area contributed by atoms with Gasteiger partial charge in [0, 0.05) is 6.20 Å². The van der Waals surface area contributed by atoms with Crippen LogP contribution in [0.3, 0.4) is 0 Å². The van der Waals surface area contributed by atoms with Gasteiger partial charge >= 0.3 is 5.69 Å². The summed E-state index contributed by atoms with van der Waals surface area (Å²) in [5, 5.41) is 0.392. The normalized spacial score (nSPS) is 10.9. The van der Waals surface area contributed by atoms with Crippen molar-refractivity contribution in [3.05, 3.63) is 52.4 Å². The van der Waals surface area contributed by atoms with Crippen molar-refractivity contribution in [3.63, 3.8) is 0 Å². The van der Waals surface area contributed by atoms with Crippen LogP contribution in [0.4, 0.5) is 0 Å². The van der Waals surface area contributed by atoms with Gasteiger partial charge in [-0.15, -0.1) is 0 Å². The van der Waals surface area contributed by atoms with E-state index in [1.165, 1.54) is 4.57 Å². The fourth-order valence-electron chi connectivity index (χ4n) is 1.72. The molecule has 0 unspecified atom stereocenters. The van der Waals surface area contributed by atoms with Crippen LogP contribution in [0.5, 0.6) is 0 Å². The third kappa shape index (κ3) is 1.60. The van der Waals surface area contributed by atoms with E-state index in [9.17, 15) is 4.79 Å². The number of hydrogen-bond acceptors (Lipinski definition) is 3. The van der Waals surface area contributed by atoms with Crippen LogP contribution in [0.2, 0.25) is 5.15 Å². The number of imidazole rings is 1. The number of H-pyrrole nitrogens is 1. The van der Waals surface area contributed by atoms with E-state index in [-0.39, 0.29) is 5.69 Å². The highest BCUT2D eigenvalue weighted by Crippen LogP contribution is 2.14. The summed E-state index contributed by atoms with van der Waals surface area (Å²) in [6, 6.07) is 5.15. The lowest BCUT2D eigenvalue weighted by atomic mass is 10.3. The van der Waals surface area contributed by atoms with E-state index < -0.39 is 0 Å². The Morgan fingerprint density at radius 2 is 2.12 bits per heavy atom. The number of aromatic amines is 1. The van der Waals surface area contributed by atoms with Crippen molar-refractivity contribution < 1.29 is 0 Å². The second kappa shape index (κ2) is 3.71. The minimum Gasteiger partial charge on any atom is -0.304 e. The lowest BCUT2D eigenvalue weighted by Crippen LogP contribution is -2.14. The van der Waals surface area contributed by atoms with Crippen LogP contribution in [0.1, 0.15) is 0 Å². The van der Waals surface area contributed by atoms with Crippen LogP contribution in [-0.4, -0.2) is 19.5 Å². The maximum atomic E-state index is 11.8. The molecule has 0 atom stereocenters. The number of rotatable bonds is 1. The number of nitrogens with zero attached hydrogens (tertiary/aromatic N) is 3.